The van der Waals surface area contributed by atoms with Gasteiger partial charge in [0.05, 0.1) is 23.9 Å². The summed E-state index contributed by atoms with van der Waals surface area (Å²) in [6.07, 6.45) is 1.13. The summed E-state index contributed by atoms with van der Waals surface area (Å²) in [5, 5.41) is 0.460. The van der Waals surface area contributed by atoms with Gasteiger partial charge in [-0.1, -0.05) is 6.07 Å². The molecule has 0 atom stereocenters. The highest BCUT2D eigenvalue weighted by Gasteiger charge is 2.29. The molecule has 0 saturated carbocycles. The van der Waals surface area contributed by atoms with Gasteiger partial charge in [0.1, 0.15) is 5.82 Å². The molecule has 1 aromatic heterocycles. The Balaban J connectivity index is 1.62. The van der Waals surface area contributed by atoms with Gasteiger partial charge in [-0.15, -0.1) is 11.3 Å². The molecule has 1 fully saturated rings. The van der Waals surface area contributed by atoms with Crippen LogP contribution in [0.1, 0.15) is 35.0 Å². The van der Waals surface area contributed by atoms with Crippen molar-refractivity contribution in [3.05, 3.63) is 34.5 Å². The van der Waals surface area contributed by atoms with E-state index in [1.807, 2.05) is 0 Å². The van der Waals surface area contributed by atoms with Gasteiger partial charge in [-0.3, -0.25) is 14.4 Å². The zero-order valence-electron chi connectivity index (χ0n) is 16.9. The van der Waals surface area contributed by atoms with Crippen molar-refractivity contribution in [2.45, 2.75) is 26.7 Å². The zero-order chi connectivity index (χ0) is 21.1. The maximum Gasteiger partial charge on any atom is 0.309 e. The van der Waals surface area contributed by atoms with Gasteiger partial charge < -0.3 is 14.5 Å². The highest BCUT2D eigenvalue weighted by atomic mass is 32.1. The van der Waals surface area contributed by atoms with Crippen molar-refractivity contribution in [2.75, 3.05) is 33.3 Å². The topological polar surface area (TPSA) is 66.9 Å². The largest absolute Gasteiger partial charge is 0.466 e. The number of rotatable bonds is 5. The van der Waals surface area contributed by atoms with Crippen molar-refractivity contribution in [1.82, 2.24) is 9.80 Å². The summed E-state index contributed by atoms with van der Waals surface area (Å²) >= 11 is 1.24. The molecular weight excluding hydrogens is 395 g/mol. The number of ether oxygens (including phenoxy) is 1. The van der Waals surface area contributed by atoms with Crippen molar-refractivity contribution >= 4 is 39.2 Å². The van der Waals surface area contributed by atoms with Gasteiger partial charge in [-0.25, -0.2) is 4.39 Å². The SMILES string of the molecule is CCOC(=O)C1CCN(C(=O)CN(C)C(=O)c2sc3cccc(F)c3c2C)CC1. The minimum atomic E-state index is -0.349. The van der Waals surface area contributed by atoms with E-state index >= 15 is 0 Å². The molecule has 2 amide bonds. The maximum atomic E-state index is 14.1. The van der Waals surface area contributed by atoms with E-state index in [1.165, 1.54) is 22.3 Å². The Hall–Kier alpha value is -2.48. The number of carbonyl (C=O) groups excluding carboxylic acids is 3. The second-order valence-electron chi connectivity index (χ2n) is 7.24. The van der Waals surface area contributed by atoms with Crippen LogP contribution >= 0.6 is 11.3 Å². The number of esters is 1. The van der Waals surface area contributed by atoms with Crippen LogP contribution in [-0.2, 0) is 14.3 Å². The van der Waals surface area contributed by atoms with Crippen LogP contribution in [0.25, 0.3) is 10.1 Å². The Bertz CT molecular complexity index is 934. The average Bonchev–Trinajstić information content (AvgIpc) is 3.05. The van der Waals surface area contributed by atoms with Crippen LogP contribution in [0, 0.1) is 18.7 Å². The summed E-state index contributed by atoms with van der Waals surface area (Å²) in [5.74, 6) is -1.18. The minimum Gasteiger partial charge on any atom is -0.466 e. The summed E-state index contributed by atoms with van der Waals surface area (Å²) < 4.78 is 19.9. The Morgan fingerprint density at radius 3 is 2.59 bits per heavy atom. The molecule has 2 heterocycles. The summed E-state index contributed by atoms with van der Waals surface area (Å²) in [6, 6.07) is 4.78. The molecule has 1 aliphatic rings. The quantitative estimate of drug-likeness (QED) is 0.697. The summed E-state index contributed by atoms with van der Waals surface area (Å²) in [4.78, 5) is 40.8. The van der Waals surface area contributed by atoms with Crippen molar-refractivity contribution < 1.29 is 23.5 Å². The second kappa shape index (κ2) is 8.90. The molecule has 0 N–H and O–H groups in total. The van der Waals surface area contributed by atoms with Crippen LogP contribution < -0.4 is 0 Å². The average molecular weight is 421 g/mol. The number of piperidine rings is 1. The molecule has 156 valence electrons. The van der Waals surface area contributed by atoms with Gasteiger partial charge >= 0.3 is 5.97 Å². The first-order valence-electron chi connectivity index (χ1n) is 9.71. The van der Waals surface area contributed by atoms with Gasteiger partial charge in [-0.2, -0.15) is 0 Å². The molecule has 2 aromatic rings. The van der Waals surface area contributed by atoms with Crippen LogP contribution in [0.2, 0.25) is 0 Å². The van der Waals surface area contributed by atoms with E-state index in [4.69, 9.17) is 4.74 Å². The fourth-order valence-electron chi connectivity index (χ4n) is 3.63. The van der Waals surface area contributed by atoms with Crippen molar-refractivity contribution in [2.24, 2.45) is 5.92 Å². The molecule has 1 aliphatic heterocycles. The molecule has 3 rings (SSSR count). The first kappa shape index (κ1) is 21.2. The molecule has 0 spiro atoms. The van der Waals surface area contributed by atoms with Crippen molar-refractivity contribution in [1.29, 1.82) is 0 Å². The number of fused-ring (bicyclic) bond motifs is 1. The van der Waals surface area contributed by atoms with Crippen LogP contribution in [0.15, 0.2) is 18.2 Å². The summed E-state index contributed by atoms with van der Waals surface area (Å²) in [6.45, 7) is 4.74. The Labute approximate surface area is 173 Å². The fraction of sp³-hybridized carbons (Fsp3) is 0.476. The molecule has 0 radical (unpaired) electrons. The standard InChI is InChI=1S/C21H25FN2O4S/c1-4-28-21(27)14-8-10-24(11-9-14)17(25)12-23(3)20(26)19-13(2)18-15(22)6-5-7-16(18)29-19/h5-7,14H,4,8-12H2,1-3H3. The third kappa shape index (κ3) is 4.42. The van der Waals surface area contributed by atoms with E-state index in [9.17, 15) is 18.8 Å². The van der Waals surface area contributed by atoms with E-state index in [2.05, 4.69) is 0 Å². The number of likely N-dealkylation sites (N-methyl/N-ethyl adjacent to an activating group) is 1. The van der Waals surface area contributed by atoms with E-state index in [1.54, 1.807) is 37.9 Å². The zero-order valence-corrected chi connectivity index (χ0v) is 17.7. The van der Waals surface area contributed by atoms with Gasteiger partial charge in [0, 0.05) is 30.2 Å². The third-order valence-electron chi connectivity index (χ3n) is 5.28. The molecular formula is C21H25FN2O4S. The number of thiophene rings is 1. The molecule has 6 nitrogen and oxygen atoms in total. The van der Waals surface area contributed by atoms with E-state index < -0.39 is 0 Å². The number of hydrogen-bond acceptors (Lipinski definition) is 5. The predicted octanol–water partition coefficient (Wildman–Crippen LogP) is 3.22. The fourth-order valence-corrected chi connectivity index (χ4v) is 4.85. The van der Waals surface area contributed by atoms with E-state index in [0.717, 1.165) is 0 Å². The van der Waals surface area contributed by atoms with Crippen molar-refractivity contribution in [3.63, 3.8) is 0 Å². The predicted molar refractivity (Wildman–Crippen MR) is 109 cm³/mol. The van der Waals surface area contributed by atoms with Crippen LogP contribution in [-0.4, -0.2) is 60.9 Å². The van der Waals surface area contributed by atoms with Crippen LogP contribution in [0.5, 0.6) is 0 Å². The van der Waals surface area contributed by atoms with E-state index in [-0.39, 0.29) is 36.1 Å². The van der Waals surface area contributed by atoms with E-state index in [0.29, 0.717) is 53.1 Å². The van der Waals surface area contributed by atoms with Crippen LogP contribution in [0.3, 0.4) is 0 Å². The molecule has 8 heteroatoms. The first-order chi connectivity index (χ1) is 13.8. The number of hydrogen-bond donors (Lipinski definition) is 0. The van der Waals surface area contributed by atoms with Crippen molar-refractivity contribution in [3.8, 4) is 0 Å². The first-order valence-corrected chi connectivity index (χ1v) is 10.5. The lowest BCUT2D eigenvalue weighted by atomic mass is 9.97. The number of aryl methyl sites for hydroxylation is 1. The van der Waals surface area contributed by atoms with Crippen LogP contribution in [0.4, 0.5) is 4.39 Å². The van der Waals surface area contributed by atoms with Gasteiger partial charge in [-0.05, 0) is 44.4 Å². The molecule has 0 aliphatic carbocycles. The smallest absolute Gasteiger partial charge is 0.309 e. The highest BCUT2D eigenvalue weighted by Crippen LogP contribution is 2.33. The number of benzene rings is 1. The number of carbonyl (C=O) groups is 3. The lowest BCUT2D eigenvalue weighted by molar-refractivity contribution is -0.151. The molecule has 29 heavy (non-hydrogen) atoms. The number of nitrogens with zero attached hydrogens (tertiary/aromatic N) is 2. The third-order valence-corrected chi connectivity index (χ3v) is 6.53. The molecule has 1 saturated heterocycles. The Morgan fingerprint density at radius 2 is 1.97 bits per heavy atom. The number of halogens is 1. The Kier molecular flexibility index (Phi) is 6.52. The number of amides is 2. The second-order valence-corrected chi connectivity index (χ2v) is 8.29. The monoisotopic (exact) mass is 420 g/mol. The summed E-state index contributed by atoms with van der Waals surface area (Å²) in [7, 11) is 1.58. The molecule has 0 unspecified atom stereocenters. The summed E-state index contributed by atoms with van der Waals surface area (Å²) in [5.41, 5.74) is 0.600. The molecule has 1 aromatic carbocycles. The minimum absolute atomic E-state index is 0.0565. The molecule has 0 bridgehead atoms. The highest BCUT2D eigenvalue weighted by molar-refractivity contribution is 7.21. The van der Waals surface area contributed by atoms with Gasteiger partial charge in [0.15, 0.2) is 0 Å². The van der Waals surface area contributed by atoms with Gasteiger partial charge in [0.25, 0.3) is 5.91 Å². The van der Waals surface area contributed by atoms with Gasteiger partial charge in [0.2, 0.25) is 5.91 Å². The normalized spacial score (nSPS) is 14.8. The Morgan fingerprint density at radius 1 is 1.28 bits per heavy atom. The number of likely N-dealkylation sites (tertiary alicyclic amines) is 1. The lowest BCUT2D eigenvalue weighted by Crippen LogP contribution is -2.45. The lowest BCUT2D eigenvalue weighted by Gasteiger charge is -2.32. The maximum absolute atomic E-state index is 14.1.